The van der Waals surface area contributed by atoms with E-state index in [0.717, 1.165) is 25.7 Å². The van der Waals surface area contributed by atoms with E-state index in [9.17, 15) is 9.18 Å². The maximum absolute atomic E-state index is 13.0. The van der Waals surface area contributed by atoms with Crippen molar-refractivity contribution in [1.82, 2.24) is 0 Å². The number of unbranched alkanes of at least 4 members (excludes halogenated alkanes) is 3. The number of hydrogen-bond acceptors (Lipinski definition) is 2. The van der Waals surface area contributed by atoms with Gasteiger partial charge in [0.25, 0.3) is 0 Å². The molecule has 0 saturated heterocycles. The zero-order valence-corrected chi connectivity index (χ0v) is 8.51. The standard InChI is InChI=1S/C10H19FO2/c1-3-4-5-6-7-9(11)8-10(12)13-2/h9H,3-8H2,1-2H3. The largest absolute Gasteiger partial charge is 0.469 e. The number of methoxy groups -OCH3 is 1. The third-order valence-corrected chi connectivity index (χ3v) is 1.99. The molecular weight excluding hydrogens is 171 g/mol. The minimum atomic E-state index is -1.02. The molecule has 78 valence electrons. The number of carbonyl (C=O) groups excluding carboxylic acids is 1. The average Bonchev–Trinajstić information content (AvgIpc) is 2.12. The fraction of sp³-hybridized carbons (Fsp3) is 0.900. The monoisotopic (exact) mass is 190 g/mol. The molecule has 0 aliphatic carbocycles. The smallest absolute Gasteiger partial charge is 0.308 e. The van der Waals surface area contributed by atoms with Gasteiger partial charge in [0.2, 0.25) is 0 Å². The minimum absolute atomic E-state index is 0.0946. The molecule has 3 heteroatoms. The van der Waals surface area contributed by atoms with Gasteiger partial charge in [0.1, 0.15) is 6.17 Å². The van der Waals surface area contributed by atoms with Crippen molar-refractivity contribution >= 4 is 5.97 Å². The maximum Gasteiger partial charge on any atom is 0.308 e. The van der Waals surface area contributed by atoms with Gasteiger partial charge < -0.3 is 4.74 Å². The van der Waals surface area contributed by atoms with Crippen LogP contribution in [0.5, 0.6) is 0 Å². The first-order chi connectivity index (χ1) is 6.20. The highest BCUT2D eigenvalue weighted by Crippen LogP contribution is 2.11. The zero-order chi connectivity index (χ0) is 10.1. The van der Waals surface area contributed by atoms with Gasteiger partial charge in [0.05, 0.1) is 13.5 Å². The summed E-state index contributed by atoms with van der Waals surface area (Å²) in [4.78, 5) is 10.6. The second kappa shape index (κ2) is 8.02. The van der Waals surface area contributed by atoms with E-state index in [0.29, 0.717) is 6.42 Å². The van der Waals surface area contributed by atoms with Gasteiger partial charge in [0.15, 0.2) is 0 Å². The van der Waals surface area contributed by atoms with Gasteiger partial charge >= 0.3 is 5.97 Å². The lowest BCUT2D eigenvalue weighted by molar-refractivity contribution is -0.141. The summed E-state index contributed by atoms with van der Waals surface area (Å²) < 4.78 is 17.3. The van der Waals surface area contributed by atoms with Crippen molar-refractivity contribution in [1.29, 1.82) is 0 Å². The van der Waals surface area contributed by atoms with E-state index in [4.69, 9.17) is 0 Å². The van der Waals surface area contributed by atoms with Gasteiger partial charge in [-0.1, -0.05) is 32.6 Å². The van der Waals surface area contributed by atoms with Crippen molar-refractivity contribution in [3.63, 3.8) is 0 Å². The summed E-state index contributed by atoms with van der Waals surface area (Å²) in [6.45, 7) is 2.11. The van der Waals surface area contributed by atoms with Crippen molar-refractivity contribution in [3.05, 3.63) is 0 Å². The summed E-state index contributed by atoms with van der Waals surface area (Å²) >= 11 is 0. The third kappa shape index (κ3) is 7.75. The fourth-order valence-corrected chi connectivity index (χ4v) is 1.16. The molecular formula is C10H19FO2. The molecule has 0 saturated carbocycles. The summed E-state index contributed by atoms with van der Waals surface area (Å²) in [6, 6.07) is 0. The summed E-state index contributed by atoms with van der Waals surface area (Å²) in [7, 11) is 1.28. The van der Waals surface area contributed by atoms with Crippen molar-refractivity contribution in [2.24, 2.45) is 0 Å². The summed E-state index contributed by atoms with van der Waals surface area (Å²) in [5, 5.41) is 0. The highest BCUT2D eigenvalue weighted by atomic mass is 19.1. The Bertz CT molecular complexity index is 137. The van der Waals surface area contributed by atoms with Crippen LogP contribution in [0.4, 0.5) is 4.39 Å². The number of carbonyl (C=O) groups is 1. The summed E-state index contributed by atoms with van der Waals surface area (Å²) in [5.74, 6) is -0.456. The number of halogens is 1. The molecule has 2 nitrogen and oxygen atoms in total. The molecule has 0 amide bonds. The molecule has 0 fully saturated rings. The predicted molar refractivity (Wildman–Crippen MR) is 50.3 cm³/mol. The lowest BCUT2D eigenvalue weighted by atomic mass is 10.1. The number of ether oxygens (including phenoxy) is 1. The van der Waals surface area contributed by atoms with E-state index in [2.05, 4.69) is 11.7 Å². The number of alkyl halides is 1. The van der Waals surface area contributed by atoms with Gasteiger partial charge in [-0.05, 0) is 6.42 Å². The molecule has 13 heavy (non-hydrogen) atoms. The van der Waals surface area contributed by atoms with Crippen LogP contribution in [-0.4, -0.2) is 19.3 Å². The molecule has 0 aromatic heterocycles. The Balaban J connectivity index is 3.29. The van der Waals surface area contributed by atoms with E-state index >= 15 is 0 Å². The molecule has 0 N–H and O–H groups in total. The van der Waals surface area contributed by atoms with Crippen LogP contribution >= 0.6 is 0 Å². The predicted octanol–water partition coefficient (Wildman–Crippen LogP) is 2.86. The van der Waals surface area contributed by atoms with Crippen LogP contribution in [0.3, 0.4) is 0 Å². The molecule has 0 rings (SSSR count). The Hall–Kier alpha value is -0.600. The Morgan fingerprint density at radius 1 is 1.38 bits per heavy atom. The van der Waals surface area contributed by atoms with Crippen molar-refractivity contribution in [2.45, 2.75) is 51.6 Å². The van der Waals surface area contributed by atoms with Crippen LogP contribution < -0.4 is 0 Å². The van der Waals surface area contributed by atoms with Gasteiger partial charge in [-0.2, -0.15) is 0 Å². The van der Waals surface area contributed by atoms with Crippen LogP contribution in [-0.2, 0) is 9.53 Å². The van der Waals surface area contributed by atoms with Crippen molar-refractivity contribution in [3.8, 4) is 0 Å². The molecule has 0 spiro atoms. The highest BCUT2D eigenvalue weighted by molar-refractivity contribution is 5.69. The lowest BCUT2D eigenvalue weighted by Crippen LogP contribution is -2.10. The molecule has 0 bridgehead atoms. The van der Waals surface area contributed by atoms with Gasteiger partial charge in [-0.3, -0.25) is 4.79 Å². The average molecular weight is 190 g/mol. The first kappa shape index (κ1) is 12.4. The maximum atomic E-state index is 13.0. The van der Waals surface area contributed by atoms with Gasteiger partial charge in [-0.25, -0.2) is 4.39 Å². The molecule has 1 unspecified atom stereocenters. The Morgan fingerprint density at radius 2 is 2.08 bits per heavy atom. The number of esters is 1. The summed E-state index contributed by atoms with van der Waals surface area (Å²) in [6.07, 6.45) is 3.57. The molecule has 0 aromatic carbocycles. The number of hydrogen-bond donors (Lipinski definition) is 0. The quantitative estimate of drug-likeness (QED) is 0.456. The second-order valence-corrected chi connectivity index (χ2v) is 3.23. The van der Waals surface area contributed by atoms with E-state index in [1.54, 1.807) is 0 Å². The first-order valence-corrected chi connectivity index (χ1v) is 4.91. The highest BCUT2D eigenvalue weighted by Gasteiger charge is 2.11. The third-order valence-electron chi connectivity index (χ3n) is 1.99. The van der Waals surface area contributed by atoms with Crippen molar-refractivity contribution in [2.75, 3.05) is 7.11 Å². The Labute approximate surface area is 79.5 Å². The van der Waals surface area contributed by atoms with Crippen LogP contribution in [0.1, 0.15) is 45.4 Å². The fourth-order valence-electron chi connectivity index (χ4n) is 1.16. The SMILES string of the molecule is CCCCCCC(F)CC(=O)OC. The Morgan fingerprint density at radius 3 is 2.62 bits per heavy atom. The minimum Gasteiger partial charge on any atom is -0.469 e. The van der Waals surface area contributed by atoms with Crippen LogP contribution in [0.25, 0.3) is 0 Å². The van der Waals surface area contributed by atoms with E-state index in [1.807, 2.05) is 0 Å². The molecule has 0 aliphatic heterocycles. The van der Waals surface area contributed by atoms with Gasteiger partial charge in [0, 0.05) is 0 Å². The van der Waals surface area contributed by atoms with E-state index in [-0.39, 0.29) is 6.42 Å². The van der Waals surface area contributed by atoms with E-state index in [1.165, 1.54) is 7.11 Å². The number of rotatable bonds is 7. The molecule has 0 aromatic rings. The van der Waals surface area contributed by atoms with Crippen LogP contribution in [0.2, 0.25) is 0 Å². The molecule has 0 heterocycles. The topological polar surface area (TPSA) is 26.3 Å². The van der Waals surface area contributed by atoms with Gasteiger partial charge in [-0.15, -0.1) is 0 Å². The van der Waals surface area contributed by atoms with Crippen molar-refractivity contribution < 1.29 is 13.9 Å². The Kier molecular flexibility index (Phi) is 7.65. The normalized spacial score (nSPS) is 12.5. The lowest BCUT2D eigenvalue weighted by Gasteiger charge is -2.05. The molecule has 0 radical (unpaired) electrons. The second-order valence-electron chi connectivity index (χ2n) is 3.23. The van der Waals surface area contributed by atoms with Crippen LogP contribution in [0.15, 0.2) is 0 Å². The molecule has 1 atom stereocenters. The molecule has 0 aliphatic rings. The summed E-state index contributed by atoms with van der Waals surface area (Å²) in [5.41, 5.74) is 0. The van der Waals surface area contributed by atoms with Crippen LogP contribution in [0, 0.1) is 0 Å². The first-order valence-electron chi connectivity index (χ1n) is 4.91. The zero-order valence-electron chi connectivity index (χ0n) is 8.51. The van der Waals surface area contributed by atoms with E-state index < -0.39 is 12.1 Å².